The van der Waals surface area contributed by atoms with E-state index >= 15 is 0 Å². The van der Waals surface area contributed by atoms with Crippen LogP contribution >= 0.6 is 0 Å². The second kappa shape index (κ2) is 8.34. The van der Waals surface area contributed by atoms with Gasteiger partial charge in [-0.05, 0) is 30.4 Å². The molecule has 4 rings (SSSR count). The topological polar surface area (TPSA) is 51.2 Å². The number of carbonyl (C=O) groups excluding carboxylic acids is 1. The summed E-state index contributed by atoms with van der Waals surface area (Å²) in [6.07, 6.45) is 0.798. The highest BCUT2D eigenvalue weighted by atomic mass is 19.4. The number of benzene rings is 2. The first-order chi connectivity index (χ1) is 14.4. The molecule has 0 saturated heterocycles. The van der Waals surface area contributed by atoms with Gasteiger partial charge in [0.2, 0.25) is 0 Å². The number of nitrogens with zero attached hydrogens (tertiary/aromatic N) is 1. The molecule has 1 fully saturated rings. The predicted molar refractivity (Wildman–Crippen MR) is 107 cm³/mol. The highest BCUT2D eigenvalue weighted by Crippen LogP contribution is 2.32. The maximum atomic E-state index is 12.9. The van der Waals surface area contributed by atoms with Crippen molar-refractivity contribution in [3.8, 4) is 5.75 Å². The van der Waals surface area contributed by atoms with E-state index < -0.39 is 11.9 Å². The smallest absolute Gasteiger partial charge is 0.433 e. The van der Waals surface area contributed by atoms with Gasteiger partial charge in [0, 0.05) is 23.2 Å². The minimum atomic E-state index is -4.49. The van der Waals surface area contributed by atoms with Crippen LogP contribution in [-0.2, 0) is 12.8 Å². The fourth-order valence-electron chi connectivity index (χ4n) is 3.74. The van der Waals surface area contributed by atoms with E-state index in [1.807, 2.05) is 30.3 Å². The van der Waals surface area contributed by atoms with Gasteiger partial charge < -0.3 is 10.1 Å². The molecule has 1 heterocycles. The molecule has 156 valence electrons. The van der Waals surface area contributed by atoms with Crippen LogP contribution in [0.1, 0.15) is 47.3 Å². The van der Waals surface area contributed by atoms with Gasteiger partial charge in [0.1, 0.15) is 18.1 Å². The van der Waals surface area contributed by atoms with Gasteiger partial charge in [0.25, 0.3) is 5.91 Å². The minimum absolute atomic E-state index is 0.00283. The first kappa shape index (κ1) is 20.2. The maximum Gasteiger partial charge on any atom is 0.433 e. The lowest BCUT2D eigenvalue weighted by Crippen LogP contribution is -2.32. The molecule has 30 heavy (non-hydrogen) atoms. The van der Waals surface area contributed by atoms with Crippen molar-refractivity contribution in [1.82, 2.24) is 10.3 Å². The second-order valence-electron chi connectivity index (χ2n) is 7.46. The summed E-state index contributed by atoms with van der Waals surface area (Å²) in [5, 5.41) is 4.75. The molecule has 0 bridgehead atoms. The van der Waals surface area contributed by atoms with Crippen LogP contribution in [0.4, 0.5) is 13.2 Å². The van der Waals surface area contributed by atoms with Crippen LogP contribution in [0.15, 0.2) is 54.7 Å². The lowest BCUT2D eigenvalue weighted by Gasteiger charge is -2.17. The van der Waals surface area contributed by atoms with Gasteiger partial charge in [-0.1, -0.05) is 49.2 Å². The molecule has 1 saturated carbocycles. The van der Waals surface area contributed by atoms with Crippen LogP contribution in [0.2, 0.25) is 0 Å². The van der Waals surface area contributed by atoms with E-state index in [0.717, 1.165) is 48.7 Å². The molecule has 0 spiro atoms. The number of nitrogens with one attached hydrogen (secondary N) is 1. The van der Waals surface area contributed by atoms with E-state index in [4.69, 9.17) is 4.74 Å². The number of aromatic nitrogens is 1. The quantitative estimate of drug-likeness (QED) is 0.599. The summed E-state index contributed by atoms with van der Waals surface area (Å²) in [5.74, 6) is 0.219. The summed E-state index contributed by atoms with van der Waals surface area (Å²) in [6, 6.07) is 13.5. The molecule has 1 N–H and O–H groups in total. The molecule has 4 nitrogen and oxygen atoms in total. The Labute approximate surface area is 172 Å². The summed E-state index contributed by atoms with van der Waals surface area (Å²) in [7, 11) is 0. The third-order valence-corrected chi connectivity index (χ3v) is 5.31. The number of fused-ring (bicyclic) bond motifs is 1. The highest BCUT2D eigenvalue weighted by molar-refractivity contribution is 6.04. The lowest BCUT2D eigenvalue weighted by molar-refractivity contribution is -0.141. The lowest BCUT2D eigenvalue weighted by atomic mass is 10.0. The zero-order valence-corrected chi connectivity index (χ0v) is 16.2. The largest absolute Gasteiger partial charge is 0.487 e. The number of hydrogen-bond donors (Lipinski definition) is 1. The normalized spacial score (nSPS) is 14.8. The third-order valence-electron chi connectivity index (χ3n) is 5.31. The molecule has 2 aromatic carbocycles. The average molecular weight is 414 g/mol. The summed E-state index contributed by atoms with van der Waals surface area (Å²) in [6.45, 7) is 0.00283. The summed E-state index contributed by atoms with van der Waals surface area (Å²) in [5.41, 5.74) is -0.0494. The third kappa shape index (κ3) is 4.40. The fourth-order valence-corrected chi connectivity index (χ4v) is 3.74. The number of hydrogen-bond acceptors (Lipinski definition) is 3. The number of rotatable bonds is 5. The number of carbonyl (C=O) groups is 1. The average Bonchev–Trinajstić information content (AvgIpc) is 3.24. The van der Waals surface area contributed by atoms with Crippen molar-refractivity contribution < 1.29 is 22.7 Å². The Morgan fingerprint density at radius 1 is 1.07 bits per heavy atom. The molecule has 0 unspecified atom stereocenters. The molecule has 1 amide bonds. The van der Waals surface area contributed by atoms with Gasteiger partial charge in [-0.2, -0.15) is 13.2 Å². The van der Waals surface area contributed by atoms with E-state index in [9.17, 15) is 18.0 Å². The number of ether oxygens (including phenoxy) is 1. The van der Waals surface area contributed by atoms with Gasteiger partial charge >= 0.3 is 6.18 Å². The molecular weight excluding hydrogens is 393 g/mol. The Hall–Kier alpha value is -3.09. The van der Waals surface area contributed by atoms with Gasteiger partial charge in [-0.25, -0.2) is 0 Å². The van der Waals surface area contributed by atoms with Crippen molar-refractivity contribution in [3.63, 3.8) is 0 Å². The van der Waals surface area contributed by atoms with Crippen molar-refractivity contribution in [1.29, 1.82) is 0 Å². The Balaban J connectivity index is 1.60. The fraction of sp³-hybridized carbons (Fsp3) is 0.304. The summed E-state index contributed by atoms with van der Waals surface area (Å²) >= 11 is 0. The molecule has 0 radical (unpaired) electrons. The van der Waals surface area contributed by atoms with Crippen LogP contribution in [0.3, 0.4) is 0 Å². The summed E-state index contributed by atoms with van der Waals surface area (Å²) < 4.78 is 44.1. The van der Waals surface area contributed by atoms with Crippen LogP contribution < -0.4 is 10.1 Å². The van der Waals surface area contributed by atoms with Crippen molar-refractivity contribution in [2.24, 2.45) is 0 Å². The van der Waals surface area contributed by atoms with E-state index in [-0.39, 0.29) is 18.6 Å². The Morgan fingerprint density at radius 3 is 2.53 bits per heavy atom. The van der Waals surface area contributed by atoms with Crippen molar-refractivity contribution in [3.05, 3.63) is 71.5 Å². The van der Waals surface area contributed by atoms with E-state index in [1.165, 1.54) is 6.07 Å². The standard InChI is InChI=1S/C23H21F3N2O2/c24-23(25,26)20-12-9-15(13-27-20)14-30-21-18-8-4-1-5-16(18)10-11-19(21)22(29)28-17-6-2-3-7-17/h1,4-5,8-13,17H,2-3,6-7,14H2,(H,28,29). The Kier molecular flexibility index (Phi) is 5.61. The number of alkyl halides is 3. The van der Waals surface area contributed by atoms with Crippen LogP contribution in [-0.4, -0.2) is 16.9 Å². The summed E-state index contributed by atoms with van der Waals surface area (Å²) in [4.78, 5) is 16.4. The van der Waals surface area contributed by atoms with Gasteiger partial charge in [0.05, 0.1) is 5.56 Å². The van der Waals surface area contributed by atoms with E-state index in [2.05, 4.69) is 10.3 Å². The number of halogens is 3. The van der Waals surface area contributed by atoms with E-state index in [0.29, 0.717) is 16.9 Å². The van der Waals surface area contributed by atoms with Gasteiger partial charge in [0.15, 0.2) is 0 Å². The van der Waals surface area contributed by atoms with Gasteiger partial charge in [-0.3, -0.25) is 9.78 Å². The van der Waals surface area contributed by atoms with Crippen molar-refractivity contribution in [2.75, 3.05) is 0 Å². The second-order valence-corrected chi connectivity index (χ2v) is 7.46. The maximum absolute atomic E-state index is 12.9. The SMILES string of the molecule is O=C(NC1CCCC1)c1ccc2ccccc2c1OCc1ccc(C(F)(F)F)nc1. The van der Waals surface area contributed by atoms with Crippen molar-refractivity contribution >= 4 is 16.7 Å². The number of amides is 1. The molecule has 1 aliphatic carbocycles. The molecular formula is C23H21F3N2O2. The van der Waals surface area contributed by atoms with Gasteiger partial charge in [-0.15, -0.1) is 0 Å². The first-order valence-electron chi connectivity index (χ1n) is 9.89. The molecule has 3 aromatic rings. The zero-order valence-electron chi connectivity index (χ0n) is 16.2. The molecule has 0 atom stereocenters. The highest BCUT2D eigenvalue weighted by Gasteiger charge is 2.32. The van der Waals surface area contributed by atoms with E-state index in [1.54, 1.807) is 6.07 Å². The van der Waals surface area contributed by atoms with Crippen LogP contribution in [0, 0.1) is 0 Å². The Bertz CT molecular complexity index is 1040. The van der Waals surface area contributed by atoms with Crippen molar-refractivity contribution in [2.45, 2.75) is 44.5 Å². The first-order valence-corrected chi connectivity index (χ1v) is 9.89. The molecule has 1 aromatic heterocycles. The molecule has 7 heteroatoms. The van der Waals surface area contributed by atoms with Crippen LogP contribution in [0.5, 0.6) is 5.75 Å². The number of pyridine rings is 1. The van der Waals surface area contributed by atoms with Crippen LogP contribution in [0.25, 0.3) is 10.8 Å². The molecule has 1 aliphatic rings. The monoisotopic (exact) mass is 414 g/mol. The Morgan fingerprint density at radius 2 is 1.83 bits per heavy atom. The minimum Gasteiger partial charge on any atom is -0.487 e. The zero-order chi connectivity index (χ0) is 21.1. The predicted octanol–water partition coefficient (Wildman–Crippen LogP) is 5.51. The molecule has 0 aliphatic heterocycles.